The number of hydrogen-bond acceptors (Lipinski definition) is 3. The third kappa shape index (κ3) is 3.56. The molecule has 0 aliphatic carbocycles. The summed E-state index contributed by atoms with van der Waals surface area (Å²) < 4.78 is 11.5. The number of benzene rings is 3. The van der Waals surface area contributed by atoms with Gasteiger partial charge in [-0.3, -0.25) is 9.69 Å². The minimum Gasteiger partial charge on any atom is -0.494 e. The molecule has 0 bridgehead atoms. The molecule has 1 amide bonds. The predicted octanol–water partition coefficient (Wildman–Crippen LogP) is 5.27. The quantitative estimate of drug-likeness (QED) is 0.535. The Hall–Kier alpha value is -2.98. The highest BCUT2D eigenvalue weighted by atomic mass is 35.5. The number of carbonyl (C=O) groups is 1. The molecule has 1 aliphatic rings. The maximum absolute atomic E-state index is 13.0. The SMILES string of the molecule is CCOc1ccc(N2C(=O)[C@@H](Oc3ccccc3)[C@H]2c2ccc(Cl)cc2)cc1. The molecule has 1 saturated heterocycles. The summed E-state index contributed by atoms with van der Waals surface area (Å²) in [4.78, 5) is 14.7. The van der Waals surface area contributed by atoms with Crippen LogP contribution in [0.3, 0.4) is 0 Å². The fraction of sp³-hybridized carbons (Fsp3) is 0.174. The van der Waals surface area contributed by atoms with Crippen molar-refractivity contribution in [2.45, 2.75) is 19.1 Å². The van der Waals surface area contributed by atoms with Crippen LogP contribution in [0.25, 0.3) is 0 Å². The molecule has 28 heavy (non-hydrogen) atoms. The third-order valence-electron chi connectivity index (χ3n) is 4.69. The van der Waals surface area contributed by atoms with Gasteiger partial charge in [-0.05, 0) is 61.0 Å². The zero-order valence-electron chi connectivity index (χ0n) is 15.4. The summed E-state index contributed by atoms with van der Waals surface area (Å²) in [6.45, 7) is 2.54. The molecule has 1 heterocycles. The minimum atomic E-state index is -0.588. The lowest BCUT2D eigenvalue weighted by atomic mass is 9.89. The summed E-state index contributed by atoms with van der Waals surface area (Å²) in [7, 11) is 0. The Bertz CT molecular complexity index is 942. The number of ether oxygens (including phenoxy) is 2. The Morgan fingerprint density at radius 3 is 2.21 bits per heavy atom. The lowest BCUT2D eigenvalue weighted by molar-refractivity contribution is -0.135. The molecule has 1 aliphatic heterocycles. The Morgan fingerprint density at radius 1 is 0.893 bits per heavy atom. The van der Waals surface area contributed by atoms with Crippen molar-refractivity contribution in [1.29, 1.82) is 0 Å². The van der Waals surface area contributed by atoms with E-state index in [1.807, 2.05) is 85.8 Å². The summed E-state index contributed by atoms with van der Waals surface area (Å²) in [6, 6.07) is 24.2. The van der Waals surface area contributed by atoms with Gasteiger partial charge in [0.15, 0.2) is 0 Å². The summed E-state index contributed by atoms with van der Waals surface area (Å²) in [5.41, 5.74) is 1.78. The van der Waals surface area contributed by atoms with Gasteiger partial charge in [-0.15, -0.1) is 0 Å². The molecule has 0 saturated carbocycles. The minimum absolute atomic E-state index is 0.0760. The highest BCUT2D eigenvalue weighted by molar-refractivity contribution is 6.30. The molecule has 0 aromatic heterocycles. The topological polar surface area (TPSA) is 38.8 Å². The third-order valence-corrected chi connectivity index (χ3v) is 4.94. The van der Waals surface area contributed by atoms with Crippen molar-refractivity contribution >= 4 is 23.2 Å². The maximum Gasteiger partial charge on any atom is 0.271 e. The van der Waals surface area contributed by atoms with Crippen LogP contribution >= 0.6 is 11.6 Å². The molecule has 4 nitrogen and oxygen atoms in total. The standard InChI is InChI=1S/C23H20ClNO3/c1-2-27-19-14-12-18(13-15-19)25-21(16-8-10-17(24)11-9-16)22(23(25)26)28-20-6-4-3-5-7-20/h3-15,21-22H,2H2,1H3/t21-,22+/m1/s1. The normalized spacial score (nSPS) is 18.5. The van der Waals surface area contributed by atoms with Gasteiger partial charge in [0, 0.05) is 10.7 Å². The summed E-state index contributed by atoms with van der Waals surface area (Å²) in [5.74, 6) is 1.37. The van der Waals surface area contributed by atoms with E-state index in [-0.39, 0.29) is 11.9 Å². The Morgan fingerprint density at radius 2 is 1.57 bits per heavy atom. The zero-order valence-corrected chi connectivity index (χ0v) is 16.2. The van der Waals surface area contributed by atoms with Crippen LogP contribution in [-0.4, -0.2) is 18.6 Å². The van der Waals surface area contributed by atoms with E-state index in [0.717, 1.165) is 17.0 Å². The summed E-state index contributed by atoms with van der Waals surface area (Å²) >= 11 is 6.05. The first-order chi connectivity index (χ1) is 13.7. The number of β-lactam (4-membered cyclic amide) rings is 1. The van der Waals surface area contributed by atoms with Crippen LogP contribution in [0.4, 0.5) is 5.69 Å². The van der Waals surface area contributed by atoms with Crippen molar-refractivity contribution in [2.75, 3.05) is 11.5 Å². The van der Waals surface area contributed by atoms with Crippen molar-refractivity contribution in [3.8, 4) is 11.5 Å². The number of carbonyl (C=O) groups excluding carboxylic acids is 1. The fourth-order valence-electron chi connectivity index (χ4n) is 3.36. The van der Waals surface area contributed by atoms with Crippen LogP contribution in [0.5, 0.6) is 11.5 Å². The molecule has 3 aromatic rings. The van der Waals surface area contributed by atoms with Crippen LogP contribution in [0, 0.1) is 0 Å². The van der Waals surface area contributed by atoms with E-state index in [9.17, 15) is 4.79 Å². The second-order valence-electron chi connectivity index (χ2n) is 6.48. The number of para-hydroxylation sites is 1. The van der Waals surface area contributed by atoms with Gasteiger partial charge in [-0.25, -0.2) is 0 Å². The maximum atomic E-state index is 13.0. The molecule has 0 unspecified atom stereocenters. The lowest BCUT2D eigenvalue weighted by Gasteiger charge is -2.46. The number of halogens is 1. The second-order valence-corrected chi connectivity index (χ2v) is 6.92. The molecule has 5 heteroatoms. The highest BCUT2D eigenvalue weighted by Gasteiger charge is 2.51. The lowest BCUT2D eigenvalue weighted by Crippen LogP contribution is -2.61. The number of anilines is 1. The Balaban J connectivity index is 1.65. The van der Waals surface area contributed by atoms with Crippen LogP contribution in [0.1, 0.15) is 18.5 Å². The number of nitrogens with zero attached hydrogens (tertiary/aromatic N) is 1. The van der Waals surface area contributed by atoms with Crippen molar-refractivity contribution in [1.82, 2.24) is 0 Å². The van der Waals surface area contributed by atoms with Crippen molar-refractivity contribution in [3.05, 3.63) is 89.4 Å². The first-order valence-corrected chi connectivity index (χ1v) is 9.58. The molecule has 142 valence electrons. The van der Waals surface area contributed by atoms with E-state index in [0.29, 0.717) is 17.4 Å². The molecule has 0 radical (unpaired) electrons. The predicted molar refractivity (Wildman–Crippen MR) is 110 cm³/mol. The van der Waals surface area contributed by atoms with Gasteiger partial charge in [0.1, 0.15) is 17.5 Å². The second kappa shape index (κ2) is 7.95. The number of hydrogen-bond donors (Lipinski definition) is 0. The van der Waals surface area contributed by atoms with E-state index in [1.165, 1.54) is 0 Å². The molecule has 4 rings (SSSR count). The van der Waals surface area contributed by atoms with Gasteiger partial charge in [0.25, 0.3) is 5.91 Å². The van der Waals surface area contributed by atoms with Crippen LogP contribution in [0.15, 0.2) is 78.9 Å². The molecule has 0 spiro atoms. The molecule has 3 aromatic carbocycles. The highest BCUT2D eigenvalue weighted by Crippen LogP contribution is 2.41. The number of rotatable bonds is 6. The van der Waals surface area contributed by atoms with Crippen LogP contribution in [-0.2, 0) is 4.79 Å². The molecule has 0 N–H and O–H groups in total. The van der Waals surface area contributed by atoms with E-state index in [1.54, 1.807) is 4.90 Å². The van der Waals surface area contributed by atoms with Gasteiger partial charge < -0.3 is 9.47 Å². The monoisotopic (exact) mass is 393 g/mol. The first-order valence-electron chi connectivity index (χ1n) is 9.20. The average molecular weight is 394 g/mol. The fourth-order valence-corrected chi connectivity index (χ4v) is 3.49. The number of amides is 1. The molecule has 1 fully saturated rings. The van der Waals surface area contributed by atoms with Crippen LogP contribution in [0.2, 0.25) is 5.02 Å². The van der Waals surface area contributed by atoms with Crippen LogP contribution < -0.4 is 14.4 Å². The van der Waals surface area contributed by atoms with Gasteiger partial charge in [-0.1, -0.05) is 41.9 Å². The van der Waals surface area contributed by atoms with Crippen molar-refractivity contribution < 1.29 is 14.3 Å². The first kappa shape index (κ1) is 18.4. The van der Waals surface area contributed by atoms with E-state index < -0.39 is 6.10 Å². The summed E-state index contributed by atoms with van der Waals surface area (Å²) in [5, 5.41) is 0.655. The van der Waals surface area contributed by atoms with Gasteiger partial charge in [0.2, 0.25) is 6.10 Å². The van der Waals surface area contributed by atoms with Gasteiger partial charge >= 0.3 is 0 Å². The molecular formula is C23H20ClNO3. The smallest absolute Gasteiger partial charge is 0.271 e. The molecular weight excluding hydrogens is 374 g/mol. The van der Waals surface area contributed by atoms with Gasteiger partial charge in [0.05, 0.1) is 6.61 Å². The Labute approximate surface area is 169 Å². The van der Waals surface area contributed by atoms with E-state index in [2.05, 4.69) is 0 Å². The average Bonchev–Trinajstić information content (AvgIpc) is 2.73. The van der Waals surface area contributed by atoms with Crippen molar-refractivity contribution in [2.24, 2.45) is 0 Å². The molecule has 2 atom stereocenters. The van der Waals surface area contributed by atoms with E-state index in [4.69, 9.17) is 21.1 Å². The largest absolute Gasteiger partial charge is 0.494 e. The zero-order chi connectivity index (χ0) is 19.5. The van der Waals surface area contributed by atoms with Crippen molar-refractivity contribution in [3.63, 3.8) is 0 Å². The summed E-state index contributed by atoms with van der Waals surface area (Å²) in [6.07, 6.45) is -0.588. The van der Waals surface area contributed by atoms with Gasteiger partial charge in [-0.2, -0.15) is 0 Å². The Kier molecular flexibility index (Phi) is 5.22. The van der Waals surface area contributed by atoms with E-state index >= 15 is 0 Å².